The number of amides is 1. The molecule has 0 aromatic carbocycles. The van der Waals surface area contributed by atoms with Crippen molar-refractivity contribution in [3.63, 3.8) is 0 Å². The molecule has 3 nitrogen and oxygen atoms in total. The highest BCUT2D eigenvalue weighted by Crippen LogP contribution is 2.22. The first-order valence-electron chi connectivity index (χ1n) is 5.10. The van der Waals surface area contributed by atoms with E-state index >= 15 is 0 Å². The predicted molar refractivity (Wildman–Crippen MR) is 72.2 cm³/mol. The second-order valence-electron chi connectivity index (χ2n) is 3.54. The van der Waals surface area contributed by atoms with Crippen LogP contribution in [0.2, 0.25) is 0 Å². The van der Waals surface area contributed by atoms with Gasteiger partial charge in [-0.25, -0.2) is 4.98 Å². The van der Waals surface area contributed by atoms with Crippen molar-refractivity contribution < 1.29 is 4.79 Å². The molecule has 0 aliphatic rings. The summed E-state index contributed by atoms with van der Waals surface area (Å²) < 4.78 is 1.03. The van der Waals surface area contributed by atoms with Gasteiger partial charge in [-0.2, -0.15) is 0 Å². The number of thiophene rings is 1. The molecule has 5 heteroatoms. The van der Waals surface area contributed by atoms with Crippen molar-refractivity contribution in [3.8, 4) is 0 Å². The first-order valence-corrected chi connectivity index (χ1v) is 6.78. The molecule has 2 rings (SSSR count). The number of carbonyl (C=O) groups is 1. The molecule has 0 atom stereocenters. The molecule has 0 fully saturated rings. The molecule has 1 N–H and O–H groups in total. The topological polar surface area (TPSA) is 42.0 Å². The number of pyridine rings is 1. The van der Waals surface area contributed by atoms with Crippen molar-refractivity contribution in [2.24, 2.45) is 0 Å². The number of aromatic nitrogens is 1. The highest BCUT2D eigenvalue weighted by molar-refractivity contribution is 9.10. The van der Waals surface area contributed by atoms with Crippen LogP contribution in [0.4, 0.5) is 0 Å². The van der Waals surface area contributed by atoms with E-state index in [2.05, 4.69) is 26.2 Å². The van der Waals surface area contributed by atoms with Crippen LogP contribution in [-0.4, -0.2) is 10.9 Å². The SMILES string of the molecule is Cc1cccc(C(=O)NCc2sccc2Br)n1. The summed E-state index contributed by atoms with van der Waals surface area (Å²) in [7, 11) is 0. The molecule has 0 unspecified atom stereocenters. The Hall–Kier alpha value is -1.20. The number of nitrogens with one attached hydrogen (secondary N) is 1. The van der Waals surface area contributed by atoms with Gasteiger partial charge in [0, 0.05) is 15.0 Å². The highest BCUT2D eigenvalue weighted by Gasteiger charge is 2.08. The van der Waals surface area contributed by atoms with Crippen molar-refractivity contribution in [1.82, 2.24) is 10.3 Å². The Kier molecular flexibility index (Phi) is 3.91. The van der Waals surface area contributed by atoms with Crippen LogP contribution in [0.15, 0.2) is 34.1 Å². The maximum absolute atomic E-state index is 11.8. The third-order valence-corrected chi connectivity index (χ3v) is 4.15. The summed E-state index contributed by atoms with van der Waals surface area (Å²) in [5.41, 5.74) is 1.30. The Morgan fingerprint density at radius 2 is 2.29 bits per heavy atom. The molecule has 0 aliphatic carbocycles. The molecule has 17 heavy (non-hydrogen) atoms. The van der Waals surface area contributed by atoms with E-state index < -0.39 is 0 Å². The standard InChI is InChI=1S/C12H11BrN2OS/c1-8-3-2-4-10(15-8)12(16)14-7-11-9(13)5-6-17-11/h2-6H,7H2,1H3,(H,14,16). The fourth-order valence-corrected chi connectivity index (χ4v) is 2.80. The predicted octanol–water partition coefficient (Wildman–Crippen LogP) is 3.14. The third kappa shape index (κ3) is 3.14. The first-order chi connectivity index (χ1) is 8.16. The van der Waals surface area contributed by atoms with Gasteiger partial charge in [-0.1, -0.05) is 6.07 Å². The average Bonchev–Trinajstić information content (AvgIpc) is 2.72. The molecule has 88 valence electrons. The molecule has 0 bridgehead atoms. The molecule has 0 spiro atoms. The Labute approximate surface area is 112 Å². The molecular weight excluding hydrogens is 300 g/mol. The van der Waals surface area contributed by atoms with E-state index in [9.17, 15) is 4.79 Å². The van der Waals surface area contributed by atoms with Crippen LogP contribution in [0.1, 0.15) is 21.1 Å². The number of rotatable bonds is 3. The van der Waals surface area contributed by atoms with Crippen molar-refractivity contribution in [2.75, 3.05) is 0 Å². The van der Waals surface area contributed by atoms with Gasteiger partial charge in [0.15, 0.2) is 0 Å². The molecule has 2 aromatic heterocycles. The zero-order valence-electron chi connectivity index (χ0n) is 9.24. The van der Waals surface area contributed by atoms with E-state index in [-0.39, 0.29) is 5.91 Å². The lowest BCUT2D eigenvalue weighted by Crippen LogP contribution is -2.23. The van der Waals surface area contributed by atoms with Gasteiger partial charge in [0.2, 0.25) is 0 Å². The first kappa shape index (κ1) is 12.3. The number of aryl methyl sites for hydroxylation is 1. The van der Waals surface area contributed by atoms with Crippen molar-refractivity contribution in [3.05, 3.63) is 50.4 Å². The minimum absolute atomic E-state index is 0.144. The maximum atomic E-state index is 11.8. The zero-order valence-corrected chi connectivity index (χ0v) is 11.6. The number of hydrogen-bond donors (Lipinski definition) is 1. The van der Waals surface area contributed by atoms with Crippen LogP contribution in [0.25, 0.3) is 0 Å². The van der Waals surface area contributed by atoms with Gasteiger partial charge in [-0.05, 0) is 46.4 Å². The molecule has 2 heterocycles. The monoisotopic (exact) mass is 310 g/mol. The van der Waals surface area contributed by atoms with E-state index in [1.165, 1.54) is 0 Å². The number of halogens is 1. The fourth-order valence-electron chi connectivity index (χ4n) is 1.37. The Morgan fingerprint density at radius 3 is 2.94 bits per heavy atom. The van der Waals surface area contributed by atoms with Gasteiger partial charge in [0.05, 0.1) is 6.54 Å². The summed E-state index contributed by atoms with van der Waals surface area (Å²) >= 11 is 5.04. The van der Waals surface area contributed by atoms with Gasteiger partial charge < -0.3 is 5.32 Å². The number of nitrogens with zero attached hydrogens (tertiary/aromatic N) is 1. The minimum Gasteiger partial charge on any atom is -0.346 e. The Bertz CT molecular complexity index is 539. The van der Waals surface area contributed by atoms with E-state index in [1.54, 1.807) is 17.4 Å². The summed E-state index contributed by atoms with van der Waals surface area (Å²) in [4.78, 5) is 17.1. The van der Waals surface area contributed by atoms with Crippen molar-refractivity contribution in [2.45, 2.75) is 13.5 Å². The van der Waals surface area contributed by atoms with Crippen LogP contribution >= 0.6 is 27.3 Å². The quantitative estimate of drug-likeness (QED) is 0.946. The summed E-state index contributed by atoms with van der Waals surface area (Å²) in [5, 5.41) is 4.83. The van der Waals surface area contributed by atoms with Crippen LogP contribution in [0.3, 0.4) is 0 Å². The van der Waals surface area contributed by atoms with Crippen LogP contribution in [0.5, 0.6) is 0 Å². The van der Waals surface area contributed by atoms with Crippen molar-refractivity contribution >= 4 is 33.2 Å². The third-order valence-electron chi connectivity index (χ3n) is 2.22. The largest absolute Gasteiger partial charge is 0.346 e. The van der Waals surface area contributed by atoms with E-state index in [0.29, 0.717) is 12.2 Å². The van der Waals surface area contributed by atoms with Crippen molar-refractivity contribution in [1.29, 1.82) is 0 Å². The molecule has 1 amide bonds. The zero-order chi connectivity index (χ0) is 12.3. The highest BCUT2D eigenvalue weighted by atomic mass is 79.9. The number of carbonyl (C=O) groups excluding carboxylic acids is 1. The van der Waals surface area contributed by atoms with Gasteiger partial charge in [0.1, 0.15) is 5.69 Å². The summed E-state index contributed by atoms with van der Waals surface area (Å²) in [6.45, 7) is 2.39. The van der Waals surface area contributed by atoms with Gasteiger partial charge in [-0.3, -0.25) is 4.79 Å². The molecular formula is C12H11BrN2OS. The number of hydrogen-bond acceptors (Lipinski definition) is 3. The summed E-state index contributed by atoms with van der Waals surface area (Å²) in [5.74, 6) is -0.144. The smallest absolute Gasteiger partial charge is 0.270 e. The van der Waals surface area contributed by atoms with E-state index in [0.717, 1.165) is 15.0 Å². The normalized spacial score (nSPS) is 10.2. The Morgan fingerprint density at radius 1 is 1.47 bits per heavy atom. The summed E-state index contributed by atoms with van der Waals surface area (Å²) in [6.07, 6.45) is 0. The second-order valence-corrected chi connectivity index (χ2v) is 5.39. The molecule has 0 saturated carbocycles. The molecule has 2 aromatic rings. The van der Waals surface area contributed by atoms with Crippen LogP contribution < -0.4 is 5.32 Å². The molecule has 0 aliphatic heterocycles. The maximum Gasteiger partial charge on any atom is 0.270 e. The lowest BCUT2D eigenvalue weighted by Gasteiger charge is -2.04. The van der Waals surface area contributed by atoms with E-state index in [4.69, 9.17) is 0 Å². The second kappa shape index (κ2) is 5.42. The van der Waals surface area contributed by atoms with Gasteiger partial charge in [-0.15, -0.1) is 11.3 Å². The Balaban J connectivity index is 2.01. The lowest BCUT2D eigenvalue weighted by molar-refractivity contribution is 0.0946. The minimum atomic E-state index is -0.144. The lowest BCUT2D eigenvalue weighted by atomic mass is 10.3. The summed E-state index contributed by atoms with van der Waals surface area (Å²) in [6, 6.07) is 7.38. The van der Waals surface area contributed by atoms with E-state index in [1.807, 2.05) is 30.5 Å². The van der Waals surface area contributed by atoms with Gasteiger partial charge >= 0.3 is 0 Å². The van der Waals surface area contributed by atoms with Gasteiger partial charge in [0.25, 0.3) is 5.91 Å². The van der Waals surface area contributed by atoms with Crippen LogP contribution in [0, 0.1) is 6.92 Å². The molecule has 0 radical (unpaired) electrons. The molecule has 0 saturated heterocycles. The fraction of sp³-hybridized carbons (Fsp3) is 0.167. The average molecular weight is 311 g/mol. The van der Waals surface area contributed by atoms with Crippen LogP contribution in [-0.2, 0) is 6.54 Å².